The Morgan fingerprint density at radius 3 is 2.25 bits per heavy atom. The van der Waals surface area contributed by atoms with Crippen molar-refractivity contribution in [2.75, 3.05) is 26.2 Å². The van der Waals surface area contributed by atoms with Crippen molar-refractivity contribution < 1.29 is 13.2 Å². The maximum Gasteiger partial charge on any atom is 0.272 e. The highest BCUT2D eigenvalue weighted by Crippen LogP contribution is 2.18. The van der Waals surface area contributed by atoms with Crippen LogP contribution in [0.15, 0.2) is 53.4 Å². The van der Waals surface area contributed by atoms with Crippen molar-refractivity contribution in [2.24, 2.45) is 0 Å². The number of benzene rings is 1. The number of hydrogen-bond donors (Lipinski definition) is 0. The summed E-state index contributed by atoms with van der Waals surface area (Å²) in [4.78, 5) is 18.6. The summed E-state index contributed by atoms with van der Waals surface area (Å²) in [5.41, 5.74) is 1.18. The largest absolute Gasteiger partial charge is 0.335 e. The van der Waals surface area contributed by atoms with Gasteiger partial charge in [0.15, 0.2) is 0 Å². The minimum atomic E-state index is -3.50. The Kier molecular flexibility index (Phi) is 4.64. The molecule has 0 N–H and O–H groups in total. The normalized spacial score (nSPS) is 16.1. The number of aryl methyl sites for hydroxylation is 1. The second-order valence-corrected chi connectivity index (χ2v) is 7.61. The van der Waals surface area contributed by atoms with Crippen LogP contribution in [0.3, 0.4) is 0 Å². The molecular formula is C17H19N3O3S. The molecule has 7 heteroatoms. The smallest absolute Gasteiger partial charge is 0.272 e. The van der Waals surface area contributed by atoms with E-state index >= 15 is 0 Å². The highest BCUT2D eigenvalue weighted by atomic mass is 32.2. The third-order valence-corrected chi connectivity index (χ3v) is 5.93. The third kappa shape index (κ3) is 3.32. The Balaban J connectivity index is 1.69. The fourth-order valence-corrected chi connectivity index (χ4v) is 4.14. The predicted octanol–water partition coefficient (Wildman–Crippen LogP) is 1.54. The van der Waals surface area contributed by atoms with E-state index in [4.69, 9.17) is 0 Å². The first kappa shape index (κ1) is 16.6. The molecular weight excluding hydrogens is 326 g/mol. The van der Waals surface area contributed by atoms with Crippen LogP contribution >= 0.6 is 0 Å². The van der Waals surface area contributed by atoms with Crippen LogP contribution in [0.25, 0.3) is 0 Å². The average molecular weight is 345 g/mol. The first-order valence-corrected chi connectivity index (χ1v) is 9.20. The lowest BCUT2D eigenvalue weighted by Gasteiger charge is -2.33. The second-order valence-electron chi connectivity index (χ2n) is 5.67. The zero-order chi connectivity index (χ0) is 17.2. The van der Waals surface area contributed by atoms with Gasteiger partial charge in [-0.3, -0.25) is 4.79 Å². The number of amides is 1. The number of aromatic nitrogens is 1. The van der Waals surface area contributed by atoms with Gasteiger partial charge in [0.25, 0.3) is 5.91 Å². The molecule has 3 rings (SSSR count). The number of pyridine rings is 1. The zero-order valence-corrected chi connectivity index (χ0v) is 14.2. The highest BCUT2D eigenvalue weighted by molar-refractivity contribution is 7.89. The molecule has 0 aliphatic carbocycles. The lowest BCUT2D eigenvalue weighted by molar-refractivity contribution is 0.0691. The molecule has 1 amide bonds. The SMILES string of the molecule is Cc1cccc(C(=O)N2CCN(S(=O)(=O)c3ccccc3)CC2)n1. The fourth-order valence-electron chi connectivity index (χ4n) is 2.70. The van der Waals surface area contributed by atoms with Crippen molar-refractivity contribution >= 4 is 15.9 Å². The summed E-state index contributed by atoms with van der Waals surface area (Å²) >= 11 is 0. The molecule has 1 aromatic carbocycles. The molecule has 24 heavy (non-hydrogen) atoms. The lowest BCUT2D eigenvalue weighted by atomic mass is 10.2. The van der Waals surface area contributed by atoms with E-state index in [9.17, 15) is 13.2 Å². The Bertz CT molecular complexity index is 829. The molecule has 1 fully saturated rings. The topological polar surface area (TPSA) is 70.6 Å². The number of carbonyl (C=O) groups is 1. The van der Waals surface area contributed by atoms with Gasteiger partial charge in [0, 0.05) is 31.9 Å². The number of sulfonamides is 1. The van der Waals surface area contributed by atoms with E-state index in [0.29, 0.717) is 18.8 Å². The van der Waals surface area contributed by atoms with Crippen molar-refractivity contribution in [3.8, 4) is 0 Å². The van der Waals surface area contributed by atoms with Gasteiger partial charge in [-0.25, -0.2) is 13.4 Å². The van der Waals surface area contributed by atoms with Gasteiger partial charge in [0.05, 0.1) is 4.90 Å². The van der Waals surface area contributed by atoms with Gasteiger partial charge in [-0.15, -0.1) is 0 Å². The zero-order valence-electron chi connectivity index (χ0n) is 13.4. The van der Waals surface area contributed by atoms with Gasteiger partial charge in [0.2, 0.25) is 10.0 Å². The second kappa shape index (κ2) is 6.70. The fraction of sp³-hybridized carbons (Fsp3) is 0.294. The Hall–Kier alpha value is -2.25. The van der Waals surface area contributed by atoms with E-state index in [2.05, 4.69) is 4.98 Å². The van der Waals surface area contributed by atoms with E-state index in [1.54, 1.807) is 47.4 Å². The number of piperazine rings is 1. The van der Waals surface area contributed by atoms with E-state index in [1.165, 1.54) is 4.31 Å². The first-order valence-electron chi connectivity index (χ1n) is 7.76. The molecule has 1 aliphatic rings. The molecule has 0 radical (unpaired) electrons. The summed E-state index contributed by atoms with van der Waals surface area (Å²) in [6, 6.07) is 13.7. The van der Waals surface area contributed by atoms with Gasteiger partial charge in [-0.05, 0) is 31.2 Å². The minimum absolute atomic E-state index is 0.157. The van der Waals surface area contributed by atoms with E-state index in [1.807, 2.05) is 13.0 Å². The van der Waals surface area contributed by atoms with Crippen LogP contribution in [-0.4, -0.2) is 54.7 Å². The predicted molar refractivity (Wildman–Crippen MR) is 90.1 cm³/mol. The number of carbonyl (C=O) groups excluding carboxylic acids is 1. The molecule has 1 saturated heterocycles. The summed E-state index contributed by atoms with van der Waals surface area (Å²) in [7, 11) is -3.50. The molecule has 0 saturated carbocycles. The quantitative estimate of drug-likeness (QED) is 0.846. The Morgan fingerprint density at radius 1 is 0.958 bits per heavy atom. The Labute approximate surface area is 141 Å². The Morgan fingerprint density at radius 2 is 1.62 bits per heavy atom. The molecule has 0 bridgehead atoms. The van der Waals surface area contributed by atoms with Crippen molar-refractivity contribution in [1.82, 2.24) is 14.2 Å². The van der Waals surface area contributed by atoms with Crippen LogP contribution in [-0.2, 0) is 10.0 Å². The molecule has 2 heterocycles. The molecule has 126 valence electrons. The van der Waals surface area contributed by atoms with Crippen LogP contribution < -0.4 is 0 Å². The number of nitrogens with zero attached hydrogens (tertiary/aromatic N) is 3. The molecule has 0 atom stereocenters. The lowest BCUT2D eigenvalue weighted by Crippen LogP contribution is -2.50. The van der Waals surface area contributed by atoms with Gasteiger partial charge in [-0.2, -0.15) is 4.31 Å². The van der Waals surface area contributed by atoms with E-state index < -0.39 is 10.0 Å². The van der Waals surface area contributed by atoms with Crippen LogP contribution in [0.4, 0.5) is 0 Å². The van der Waals surface area contributed by atoms with Crippen molar-refractivity contribution in [2.45, 2.75) is 11.8 Å². The van der Waals surface area contributed by atoms with E-state index in [-0.39, 0.29) is 23.9 Å². The van der Waals surface area contributed by atoms with Crippen molar-refractivity contribution in [1.29, 1.82) is 0 Å². The van der Waals surface area contributed by atoms with Gasteiger partial charge in [0.1, 0.15) is 5.69 Å². The monoisotopic (exact) mass is 345 g/mol. The molecule has 0 unspecified atom stereocenters. The van der Waals surface area contributed by atoms with Crippen LogP contribution in [0.5, 0.6) is 0 Å². The van der Waals surface area contributed by atoms with Gasteiger partial charge < -0.3 is 4.90 Å². The maximum absolute atomic E-state index is 12.6. The third-order valence-electron chi connectivity index (χ3n) is 4.01. The number of rotatable bonds is 3. The molecule has 2 aromatic rings. The standard InChI is InChI=1S/C17H19N3O3S/c1-14-6-5-9-16(18-14)17(21)19-10-12-20(13-11-19)24(22,23)15-7-3-2-4-8-15/h2-9H,10-13H2,1H3. The maximum atomic E-state index is 12.6. The van der Waals surface area contributed by atoms with E-state index in [0.717, 1.165) is 5.69 Å². The summed E-state index contributed by atoms with van der Waals surface area (Å²) < 4.78 is 26.6. The highest BCUT2D eigenvalue weighted by Gasteiger charge is 2.30. The molecule has 1 aromatic heterocycles. The van der Waals surface area contributed by atoms with Crippen LogP contribution in [0, 0.1) is 6.92 Å². The molecule has 1 aliphatic heterocycles. The molecule has 0 spiro atoms. The first-order chi connectivity index (χ1) is 11.5. The summed E-state index contributed by atoms with van der Waals surface area (Å²) in [6.45, 7) is 3.13. The number of hydrogen-bond acceptors (Lipinski definition) is 4. The van der Waals surface area contributed by atoms with Crippen LogP contribution in [0.2, 0.25) is 0 Å². The summed E-state index contributed by atoms with van der Waals surface area (Å²) in [5, 5.41) is 0. The van der Waals surface area contributed by atoms with Gasteiger partial charge >= 0.3 is 0 Å². The molecule has 6 nitrogen and oxygen atoms in total. The van der Waals surface area contributed by atoms with Crippen molar-refractivity contribution in [3.63, 3.8) is 0 Å². The summed E-state index contributed by atoms with van der Waals surface area (Å²) in [6.07, 6.45) is 0. The average Bonchev–Trinajstić information content (AvgIpc) is 2.62. The van der Waals surface area contributed by atoms with Gasteiger partial charge in [-0.1, -0.05) is 24.3 Å². The summed E-state index contributed by atoms with van der Waals surface area (Å²) in [5.74, 6) is -0.157. The minimum Gasteiger partial charge on any atom is -0.335 e. The van der Waals surface area contributed by atoms with Crippen LogP contribution in [0.1, 0.15) is 16.2 Å². The van der Waals surface area contributed by atoms with Crippen molar-refractivity contribution in [3.05, 3.63) is 59.9 Å².